The van der Waals surface area contributed by atoms with Crippen molar-refractivity contribution < 1.29 is 18.4 Å². The van der Waals surface area contributed by atoms with E-state index in [0.717, 1.165) is 6.07 Å². The van der Waals surface area contributed by atoms with E-state index in [2.05, 4.69) is 0 Å². The summed E-state index contributed by atoms with van der Waals surface area (Å²) in [5.41, 5.74) is 0.997. The Labute approximate surface area is 85.1 Å². The fourth-order valence-corrected chi connectivity index (χ4v) is 1.04. The summed E-state index contributed by atoms with van der Waals surface area (Å²) in [5.74, 6) is 0. The fourth-order valence-electron chi connectivity index (χ4n) is 1.04. The van der Waals surface area contributed by atoms with Gasteiger partial charge in [-0.3, -0.25) is 0 Å². The molecule has 0 atom stereocenters. The Kier molecular flexibility index (Phi) is 4.90. The molecule has 0 saturated carbocycles. The Morgan fingerprint density at radius 3 is 2.29 bits per heavy atom. The maximum atomic E-state index is 12.3. The molecule has 0 saturated heterocycles. The van der Waals surface area contributed by atoms with E-state index in [-0.39, 0.29) is 24.5 Å². The van der Waals surface area contributed by atoms with Crippen molar-refractivity contribution in [2.45, 2.75) is 12.7 Å². The molecular weight excluding hydrogens is 219 g/mol. The van der Waals surface area contributed by atoms with Crippen LogP contribution in [0.5, 0.6) is 0 Å². The zero-order valence-electron chi connectivity index (χ0n) is 7.01. The van der Waals surface area contributed by atoms with Crippen LogP contribution in [0.2, 0.25) is 0 Å². The molecule has 2 nitrogen and oxygen atoms in total. The van der Waals surface area contributed by atoms with Gasteiger partial charge in [0.15, 0.2) is 0 Å². The Morgan fingerprint density at radius 2 is 1.79 bits per heavy atom. The number of hydrogen-bond acceptors (Lipinski definition) is 2. The molecule has 1 aromatic carbocycles. The van der Waals surface area contributed by atoms with Gasteiger partial charge in [-0.2, -0.15) is 13.2 Å². The van der Waals surface area contributed by atoms with E-state index in [1.807, 2.05) is 0 Å². The second-order valence-corrected chi connectivity index (χ2v) is 2.49. The number of hydrogen-bond donors (Lipinski definition) is 2. The number of benzene rings is 1. The van der Waals surface area contributed by atoms with Crippen LogP contribution in [0.25, 0.3) is 0 Å². The molecule has 0 heterocycles. The normalized spacial score (nSPS) is 10.9. The van der Waals surface area contributed by atoms with Gasteiger partial charge in [-0.25, -0.2) is 5.48 Å². The largest absolute Gasteiger partial charge is 0.416 e. The van der Waals surface area contributed by atoms with Crippen LogP contribution in [0.1, 0.15) is 11.1 Å². The van der Waals surface area contributed by atoms with Gasteiger partial charge in [-0.15, -0.1) is 12.4 Å². The van der Waals surface area contributed by atoms with Crippen LogP contribution in [0.3, 0.4) is 0 Å². The van der Waals surface area contributed by atoms with E-state index in [1.165, 1.54) is 18.2 Å². The van der Waals surface area contributed by atoms with Crippen LogP contribution < -0.4 is 5.48 Å². The van der Waals surface area contributed by atoms with E-state index in [4.69, 9.17) is 5.21 Å². The van der Waals surface area contributed by atoms with Crippen molar-refractivity contribution in [3.63, 3.8) is 0 Å². The third-order valence-corrected chi connectivity index (χ3v) is 1.59. The average Bonchev–Trinajstić information content (AvgIpc) is 2.04. The highest BCUT2D eigenvalue weighted by Gasteiger charge is 2.32. The van der Waals surface area contributed by atoms with Crippen molar-refractivity contribution in [1.29, 1.82) is 0 Å². The van der Waals surface area contributed by atoms with Gasteiger partial charge < -0.3 is 5.21 Å². The van der Waals surface area contributed by atoms with E-state index in [9.17, 15) is 13.2 Å². The van der Waals surface area contributed by atoms with Crippen molar-refractivity contribution in [2.75, 3.05) is 0 Å². The van der Waals surface area contributed by atoms with Gasteiger partial charge in [0.05, 0.1) is 5.56 Å². The third-order valence-electron chi connectivity index (χ3n) is 1.59. The molecule has 0 aromatic heterocycles. The van der Waals surface area contributed by atoms with Crippen LogP contribution in [-0.4, -0.2) is 5.21 Å². The number of hydroxylamine groups is 1. The van der Waals surface area contributed by atoms with Crippen LogP contribution in [-0.2, 0) is 12.7 Å². The van der Waals surface area contributed by atoms with Gasteiger partial charge in [0.1, 0.15) is 0 Å². The Hall–Kier alpha value is -0.780. The lowest BCUT2D eigenvalue weighted by atomic mass is 10.1. The number of alkyl halides is 3. The molecule has 0 amide bonds. The minimum atomic E-state index is -4.37. The SMILES string of the molecule is Cl.ONCc1ccccc1C(F)(F)F. The molecule has 0 fully saturated rings. The minimum absolute atomic E-state index is 0. The van der Waals surface area contributed by atoms with Crippen molar-refractivity contribution >= 4 is 12.4 Å². The average molecular weight is 228 g/mol. The summed E-state index contributed by atoms with van der Waals surface area (Å²) in [6, 6.07) is 5.09. The lowest BCUT2D eigenvalue weighted by molar-refractivity contribution is -0.138. The van der Waals surface area contributed by atoms with Crippen molar-refractivity contribution in [2.24, 2.45) is 0 Å². The standard InChI is InChI=1S/C8H8F3NO.ClH/c9-8(10,11)7-4-2-1-3-6(7)5-12-13;/h1-4,12-13H,5H2;1H. The first-order valence-electron chi connectivity index (χ1n) is 3.58. The molecule has 0 aliphatic heterocycles. The van der Waals surface area contributed by atoms with E-state index in [0.29, 0.717) is 0 Å². The van der Waals surface area contributed by atoms with E-state index in [1.54, 1.807) is 5.48 Å². The lowest BCUT2D eigenvalue weighted by Crippen LogP contribution is -2.14. The Morgan fingerprint density at radius 1 is 1.21 bits per heavy atom. The molecule has 0 radical (unpaired) electrons. The van der Waals surface area contributed by atoms with Gasteiger partial charge in [0.25, 0.3) is 0 Å². The number of halogens is 4. The highest BCUT2D eigenvalue weighted by molar-refractivity contribution is 5.85. The van der Waals surface area contributed by atoms with E-state index < -0.39 is 11.7 Å². The summed E-state index contributed by atoms with van der Waals surface area (Å²) in [7, 11) is 0. The molecule has 0 unspecified atom stereocenters. The fraction of sp³-hybridized carbons (Fsp3) is 0.250. The molecule has 6 heteroatoms. The summed E-state index contributed by atoms with van der Waals surface area (Å²) >= 11 is 0. The molecule has 0 aliphatic rings. The maximum absolute atomic E-state index is 12.3. The van der Waals surface area contributed by atoms with E-state index >= 15 is 0 Å². The van der Waals surface area contributed by atoms with Crippen molar-refractivity contribution in [3.05, 3.63) is 35.4 Å². The molecule has 0 bridgehead atoms. The first-order valence-corrected chi connectivity index (χ1v) is 3.58. The molecule has 2 N–H and O–H groups in total. The smallest absolute Gasteiger partial charge is 0.316 e. The van der Waals surface area contributed by atoms with Crippen molar-refractivity contribution in [1.82, 2.24) is 5.48 Å². The first kappa shape index (κ1) is 13.2. The van der Waals surface area contributed by atoms with Crippen LogP contribution in [0, 0.1) is 0 Å². The summed E-state index contributed by atoms with van der Waals surface area (Å²) < 4.78 is 36.8. The molecule has 1 rings (SSSR count). The topological polar surface area (TPSA) is 32.3 Å². The monoisotopic (exact) mass is 227 g/mol. The van der Waals surface area contributed by atoms with Gasteiger partial charge in [0.2, 0.25) is 0 Å². The molecule has 0 aliphatic carbocycles. The zero-order valence-corrected chi connectivity index (χ0v) is 7.82. The Balaban J connectivity index is 0.00000169. The number of rotatable bonds is 2. The second kappa shape index (κ2) is 5.19. The quantitative estimate of drug-likeness (QED) is 0.762. The van der Waals surface area contributed by atoms with Crippen LogP contribution in [0.4, 0.5) is 13.2 Å². The summed E-state index contributed by atoms with van der Waals surface area (Å²) in [4.78, 5) is 0. The molecule has 0 spiro atoms. The first-order chi connectivity index (χ1) is 6.05. The maximum Gasteiger partial charge on any atom is 0.416 e. The predicted molar refractivity (Wildman–Crippen MR) is 47.3 cm³/mol. The highest BCUT2D eigenvalue weighted by Crippen LogP contribution is 2.31. The highest BCUT2D eigenvalue weighted by atomic mass is 35.5. The third kappa shape index (κ3) is 3.17. The van der Waals surface area contributed by atoms with Crippen molar-refractivity contribution in [3.8, 4) is 0 Å². The number of nitrogens with one attached hydrogen (secondary N) is 1. The van der Waals surface area contributed by atoms with Gasteiger partial charge >= 0.3 is 6.18 Å². The Bertz CT molecular complexity index is 290. The lowest BCUT2D eigenvalue weighted by Gasteiger charge is -2.11. The van der Waals surface area contributed by atoms with Gasteiger partial charge in [-0.05, 0) is 11.6 Å². The summed E-state index contributed by atoms with van der Waals surface area (Å²) in [6.45, 7) is -0.213. The molecule has 80 valence electrons. The van der Waals surface area contributed by atoms with Crippen LogP contribution >= 0.6 is 12.4 Å². The zero-order chi connectivity index (χ0) is 9.90. The summed E-state index contributed by atoms with van der Waals surface area (Å²) in [5, 5.41) is 8.29. The van der Waals surface area contributed by atoms with Gasteiger partial charge in [0, 0.05) is 6.54 Å². The van der Waals surface area contributed by atoms with Crippen LogP contribution in [0.15, 0.2) is 24.3 Å². The molecule has 1 aromatic rings. The molecular formula is C8H9ClF3NO. The second-order valence-electron chi connectivity index (χ2n) is 2.49. The molecule has 14 heavy (non-hydrogen) atoms. The summed E-state index contributed by atoms with van der Waals surface area (Å²) in [6.07, 6.45) is -4.37. The van der Waals surface area contributed by atoms with Gasteiger partial charge in [-0.1, -0.05) is 18.2 Å². The predicted octanol–water partition coefficient (Wildman–Crippen LogP) is 2.61. The minimum Gasteiger partial charge on any atom is -0.316 e.